The lowest BCUT2D eigenvalue weighted by molar-refractivity contribution is 0.0806. The Balaban J connectivity index is 0.000000213. The second-order valence-electron chi connectivity index (χ2n) is 17.2. The molecule has 0 bridgehead atoms. The third-order valence-electron chi connectivity index (χ3n) is 12.8. The molecule has 2 fully saturated rings. The number of carbonyl (C=O) groups is 3. The summed E-state index contributed by atoms with van der Waals surface area (Å²) < 4.78 is 5.43. The number of hydrogen-bond acceptors (Lipinski definition) is 9. The van der Waals surface area contributed by atoms with Crippen LogP contribution >= 0.6 is 23.2 Å². The molecule has 2 saturated carbocycles. The van der Waals surface area contributed by atoms with Gasteiger partial charge in [-0.3, -0.25) is 9.59 Å². The fourth-order valence-corrected chi connectivity index (χ4v) is 9.09. The maximum absolute atomic E-state index is 12.8. The average Bonchev–Trinajstić information content (AvgIpc) is 3.27. The molecule has 0 saturated heterocycles. The Morgan fingerprint density at radius 2 is 1.12 bits per heavy atom. The van der Waals surface area contributed by atoms with Crippen LogP contribution in [0.5, 0.6) is 0 Å². The Bertz CT molecular complexity index is 2190. The number of rotatable bonds is 13. The maximum atomic E-state index is 12.8. The van der Waals surface area contributed by atoms with Crippen molar-refractivity contribution in [1.82, 2.24) is 25.7 Å². The summed E-state index contributed by atoms with van der Waals surface area (Å²) in [5.74, 6) is 0.0806. The quantitative estimate of drug-likeness (QED) is 0.110. The van der Waals surface area contributed by atoms with Crippen molar-refractivity contribution in [2.45, 2.75) is 95.5 Å². The van der Waals surface area contributed by atoms with Crippen LogP contribution in [0.3, 0.4) is 0 Å². The Labute approximate surface area is 363 Å². The number of amides is 1. The number of ether oxygens (including phenoxy) is 1. The number of carbonyl (C=O) groups excluding carboxylic acids is 3. The lowest BCUT2D eigenvalue weighted by Crippen LogP contribution is -2.45. The van der Waals surface area contributed by atoms with Crippen molar-refractivity contribution in [3.05, 3.63) is 154 Å². The van der Waals surface area contributed by atoms with Gasteiger partial charge in [-0.1, -0.05) is 91.6 Å². The molecule has 2 aliphatic carbocycles. The van der Waals surface area contributed by atoms with Crippen molar-refractivity contribution in [2.24, 2.45) is 16.6 Å². The summed E-state index contributed by atoms with van der Waals surface area (Å²) in [5.41, 5.74) is 9.78. The molecule has 2 heterocycles. The first kappa shape index (κ1) is 44.5. The van der Waals surface area contributed by atoms with Crippen LogP contribution in [0.15, 0.2) is 116 Å². The van der Waals surface area contributed by atoms with Gasteiger partial charge in [-0.05, 0) is 127 Å². The number of ketones is 2. The van der Waals surface area contributed by atoms with E-state index in [2.05, 4.69) is 51.7 Å². The van der Waals surface area contributed by atoms with Crippen molar-refractivity contribution in [2.75, 3.05) is 13.1 Å². The number of aromatic nitrogens is 4. The molecule has 60 heavy (non-hydrogen) atoms. The van der Waals surface area contributed by atoms with Crippen LogP contribution in [0.25, 0.3) is 0 Å². The van der Waals surface area contributed by atoms with Crippen LogP contribution in [-0.2, 0) is 22.2 Å². The van der Waals surface area contributed by atoms with Crippen LogP contribution in [0.2, 0.25) is 10.0 Å². The first-order valence-corrected chi connectivity index (χ1v) is 21.4. The van der Waals surface area contributed by atoms with Crippen molar-refractivity contribution in [3.8, 4) is 0 Å². The second-order valence-corrected chi connectivity index (χ2v) is 18.1. The Kier molecular flexibility index (Phi) is 14.9. The Morgan fingerprint density at radius 1 is 0.633 bits per heavy atom. The van der Waals surface area contributed by atoms with Crippen molar-refractivity contribution in [3.63, 3.8) is 0 Å². The molecule has 1 amide bonds. The van der Waals surface area contributed by atoms with Gasteiger partial charge < -0.3 is 15.8 Å². The molecule has 10 nitrogen and oxygen atoms in total. The lowest BCUT2D eigenvalue weighted by atomic mass is 9.60. The maximum Gasteiger partial charge on any atom is 0.407 e. The molecule has 7 rings (SSSR count). The minimum Gasteiger partial charge on any atom is -0.445 e. The fraction of sp³-hybridized carbons (Fsp3) is 0.396. The normalized spacial score (nSPS) is 23.7. The molecule has 0 radical (unpaired) electrons. The van der Waals surface area contributed by atoms with Crippen molar-refractivity contribution in [1.29, 1.82) is 0 Å². The van der Waals surface area contributed by atoms with Gasteiger partial charge in [0.05, 0.1) is 0 Å². The standard InChI is InChI=1S/C28H30ClN3O3.C20H24ClN3O/c1-27(18-25(33)24-11-6-16-31-32-24)12-14-28(15-13-27,22-9-5-10-23(29)17-22)20-30-26(34)35-19-21-7-3-2-4-8-21;1-19(13-18(25)17-6-3-11-23-24-17)7-9-20(14-22,10-8-19)15-4-2-5-16(21)12-15/h2-11,16-17H,12-15,18-20H2,1H3,(H,30,34);2-6,11-12H,7-10,13-14,22H2,1H3. The Hall–Kier alpha value is -5.03. The van der Waals surface area contributed by atoms with E-state index in [9.17, 15) is 14.4 Å². The van der Waals surface area contributed by atoms with E-state index in [4.69, 9.17) is 33.7 Å². The number of nitrogens with one attached hydrogen (secondary N) is 1. The highest BCUT2D eigenvalue weighted by molar-refractivity contribution is 6.30. The Morgan fingerprint density at radius 3 is 1.57 bits per heavy atom. The first-order valence-electron chi connectivity index (χ1n) is 20.6. The highest BCUT2D eigenvalue weighted by Crippen LogP contribution is 2.50. The van der Waals surface area contributed by atoms with E-state index in [1.54, 1.807) is 36.7 Å². The van der Waals surface area contributed by atoms with Gasteiger partial charge in [0.15, 0.2) is 11.6 Å². The molecule has 0 aliphatic heterocycles. The van der Waals surface area contributed by atoms with Crippen LogP contribution in [0, 0.1) is 10.8 Å². The molecule has 12 heteroatoms. The predicted octanol–water partition coefficient (Wildman–Crippen LogP) is 10.3. The van der Waals surface area contributed by atoms with E-state index in [0.717, 1.165) is 67.5 Å². The van der Waals surface area contributed by atoms with Crippen LogP contribution < -0.4 is 11.1 Å². The van der Waals surface area contributed by atoms with Gasteiger partial charge >= 0.3 is 6.09 Å². The largest absolute Gasteiger partial charge is 0.445 e. The van der Waals surface area contributed by atoms with E-state index in [1.807, 2.05) is 66.7 Å². The SMILES string of the molecule is CC1(CC(=O)c2cccnn2)CCC(CN)(c2cccc(Cl)c2)CC1.CC1(CC(=O)c2cccnn2)CCC(CNC(=O)OCc2ccccc2)(c2cccc(Cl)c2)CC1. The number of halogens is 2. The minimum absolute atomic E-state index is 0.0125. The number of nitrogens with two attached hydrogens (primary N) is 1. The van der Waals surface area contributed by atoms with E-state index in [1.165, 1.54) is 5.56 Å². The number of benzene rings is 3. The molecular formula is C48H54Cl2N6O4. The van der Waals surface area contributed by atoms with Crippen LogP contribution in [0.4, 0.5) is 4.79 Å². The number of alkyl carbamates (subject to hydrolysis) is 1. The van der Waals surface area contributed by atoms with E-state index in [0.29, 0.717) is 42.3 Å². The molecule has 5 aromatic rings. The van der Waals surface area contributed by atoms with Gasteiger partial charge in [0.25, 0.3) is 0 Å². The zero-order valence-corrected chi connectivity index (χ0v) is 35.9. The molecule has 0 unspecified atom stereocenters. The van der Waals surface area contributed by atoms with Gasteiger partial charge in [-0.15, -0.1) is 10.2 Å². The molecule has 314 valence electrons. The highest BCUT2D eigenvalue weighted by Gasteiger charge is 2.44. The fourth-order valence-electron chi connectivity index (χ4n) is 8.71. The third kappa shape index (κ3) is 11.6. The van der Waals surface area contributed by atoms with E-state index in [-0.39, 0.29) is 39.8 Å². The minimum atomic E-state index is -0.443. The highest BCUT2D eigenvalue weighted by atomic mass is 35.5. The van der Waals surface area contributed by atoms with Crippen LogP contribution in [0.1, 0.15) is 116 Å². The first-order chi connectivity index (χ1) is 28.8. The summed E-state index contributed by atoms with van der Waals surface area (Å²) in [5, 5.41) is 20.0. The molecule has 0 spiro atoms. The number of hydrogen-bond donors (Lipinski definition) is 2. The summed E-state index contributed by atoms with van der Waals surface area (Å²) in [4.78, 5) is 37.8. The summed E-state index contributed by atoms with van der Waals surface area (Å²) >= 11 is 12.5. The number of nitrogens with zero attached hydrogens (tertiary/aromatic N) is 4. The van der Waals surface area contributed by atoms with E-state index >= 15 is 0 Å². The second kappa shape index (κ2) is 20.0. The smallest absolute Gasteiger partial charge is 0.407 e. The van der Waals surface area contributed by atoms with Crippen LogP contribution in [-0.4, -0.2) is 51.1 Å². The van der Waals surface area contributed by atoms with Gasteiger partial charge in [-0.25, -0.2) is 4.79 Å². The van der Waals surface area contributed by atoms with Gasteiger partial charge in [0.2, 0.25) is 0 Å². The zero-order chi connectivity index (χ0) is 42.6. The van der Waals surface area contributed by atoms with Gasteiger partial charge in [-0.2, -0.15) is 10.2 Å². The monoisotopic (exact) mass is 848 g/mol. The van der Waals surface area contributed by atoms with Gasteiger partial charge in [0.1, 0.15) is 18.0 Å². The third-order valence-corrected chi connectivity index (χ3v) is 13.2. The van der Waals surface area contributed by atoms with Gasteiger partial charge in [0, 0.05) is 59.2 Å². The molecule has 2 aromatic heterocycles. The molecular weight excluding hydrogens is 795 g/mol. The molecule has 2 aliphatic rings. The van der Waals surface area contributed by atoms with Crippen molar-refractivity contribution < 1.29 is 19.1 Å². The summed E-state index contributed by atoms with van der Waals surface area (Å²) in [6.45, 7) is 5.61. The topological polar surface area (TPSA) is 150 Å². The summed E-state index contributed by atoms with van der Waals surface area (Å²) in [7, 11) is 0. The van der Waals surface area contributed by atoms with E-state index < -0.39 is 6.09 Å². The van der Waals surface area contributed by atoms with Crippen molar-refractivity contribution >= 4 is 40.9 Å². The summed E-state index contributed by atoms with van der Waals surface area (Å²) in [6, 6.07) is 32.4. The molecule has 3 aromatic carbocycles. The zero-order valence-electron chi connectivity index (χ0n) is 34.4. The number of Topliss-reactive ketones (excluding diaryl/α,β-unsaturated/α-hetero) is 2. The molecule has 3 N–H and O–H groups in total. The molecule has 0 atom stereocenters. The predicted molar refractivity (Wildman–Crippen MR) is 235 cm³/mol. The average molecular weight is 850 g/mol. The lowest BCUT2D eigenvalue weighted by Gasteiger charge is -2.45. The summed E-state index contributed by atoms with van der Waals surface area (Å²) in [6.07, 6.45) is 10.8.